The van der Waals surface area contributed by atoms with Crippen molar-refractivity contribution < 1.29 is 13.5 Å². The van der Waals surface area contributed by atoms with Crippen molar-refractivity contribution in [1.82, 2.24) is 0 Å². The van der Waals surface area contributed by atoms with Gasteiger partial charge >= 0.3 is 6.61 Å². The van der Waals surface area contributed by atoms with Crippen LogP contribution in [0.4, 0.5) is 8.78 Å². The molecule has 0 atom stereocenters. The van der Waals surface area contributed by atoms with Crippen molar-refractivity contribution in [1.29, 1.82) is 0 Å². The first kappa shape index (κ1) is 13.1. The molecular weight excluding hydrogens is 281 g/mol. The van der Waals surface area contributed by atoms with Crippen LogP contribution >= 0.6 is 23.2 Å². The van der Waals surface area contributed by atoms with Crippen LogP contribution in [0.2, 0.25) is 10.0 Å². The Morgan fingerprint density at radius 1 is 0.889 bits per heavy atom. The van der Waals surface area contributed by atoms with Gasteiger partial charge in [0.05, 0.1) is 10.0 Å². The molecule has 0 N–H and O–H groups in total. The van der Waals surface area contributed by atoms with Crippen molar-refractivity contribution in [3.05, 3.63) is 52.5 Å². The quantitative estimate of drug-likeness (QED) is 0.748. The Bertz CT molecular complexity index is 538. The molecule has 18 heavy (non-hydrogen) atoms. The van der Waals surface area contributed by atoms with Gasteiger partial charge in [-0.1, -0.05) is 47.5 Å². The molecule has 2 rings (SSSR count). The predicted molar refractivity (Wildman–Crippen MR) is 68.5 cm³/mol. The minimum Gasteiger partial charge on any atom is -0.434 e. The molecule has 94 valence electrons. The Kier molecular flexibility index (Phi) is 4.04. The molecule has 0 aliphatic heterocycles. The van der Waals surface area contributed by atoms with E-state index in [-0.39, 0.29) is 5.75 Å². The van der Waals surface area contributed by atoms with Crippen LogP contribution in [-0.2, 0) is 0 Å². The third-order valence-corrected chi connectivity index (χ3v) is 2.97. The Hall–Kier alpha value is -1.32. The smallest absolute Gasteiger partial charge is 0.387 e. The van der Waals surface area contributed by atoms with E-state index in [2.05, 4.69) is 4.74 Å². The van der Waals surface area contributed by atoms with Gasteiger partial charge in [0.15, 0.2) is 0 Å². The van der Waals surface area contributed by atoms with Crippen LogP contribution in [0.1, 0.15) is 0 Å². The Balaban J connectivity index is 2.57. The van der Waals surface area contributed by atoms with E-state index in [1.165, 1.54) is 6.07 Å². The molecule has 2 aromatic carbocycles. The zero-order chi connectivity index (χ0) is 13.1. The lowest BCUT2D eigenvalue weighted by molar-refractivity contribution is -0.0494. The number of hydrogen-bond acceptors (Lipinski definition) is 1. The highest BCUT2D eigenvalue weighted by atomic mass is 35.5. The molecule has 0 aliphatic rings. The van der Waals surface area contributed by atoms with Crippen molar-refractivity contribution in [2.24, 2.45) is 0 Å². The minimum atomic E-state index is -2.90. The Morgan fingerprint density at radius 2 is 1.50 bits per heavy atom. The summed E-state index contributed by atoms with van der Waals surface area (Å²) in [6, 6.07) is 11.3. The fraction of sp³-hybridized carbons (Fsp3) is 0.0769. The second kappa shape index (κ2) is 5.55. The summed E-state index contributed by atoms with van der Waals surface area (Å²) in [6.07, 6.45) is 0. The fourth-order valence-electron chi connectivity index (χ4n) is 1.63. The number of ether oxygens (including phenoxy) is 1. The van der Waals surface area contributed by atoms with E-state index in [4.69, 9.17) is 23.2 Å². The minimum absolute atomic E-state index is 0.0440. The summed E-state index contributed by atoms with van der Waals surface area (Å²) >= 11 is 12.1. The lowest BCUT2D eigenvalue weighted by Gasteiger charge is -2.12. The van der Waals surface area contributed by atoms with Gasteiger partial charge in [0.2, 0.25) is 0 Å². The Labute approximate surface area is 113 Å². The van der Waals surface area contributed by atoms with Crippen LogP contribution in [0.3, 0.4) is 0 Å². The second-order valence-corrected chi connectivity index (χ2v) is 4.29. The van der Waals surface area contributed by atoms with Gasteiger partial charge in [0, 0.05) is 11.1 Å². The summed E-state index contributed by atoms with van der Waals surface area (Å²) in [4.78, 5) is 0. The largest absolute Gasteiger partial charge is 0.434 e. The molecule has 0 radical (unpaired) electrons. The predicted octanol–water partition coefficient (Wildman–Crippen LogP) is 5.26. The van der Waals surface area contributed by atoms with Gasteiger partial charge in [0.1, 0.15) is 5.75 Å². The molecule has 0 saturated carbocycles. The number of para-hydroxylation sites is 1. The normalized spacial score (nSPS) is 10.7. The fourth-order valence-corrected chi connectivity index (χ4v) is 2.23. The zero-order valence-electron chi connectivity index (χ0n) is 9.04. The summed E-state index contributed by atoms with van der Waals surface area (Å²) in [5.74, 6) is 0.0440. The summed E-state index contributed by atoms with van der Waals surface area (Å²) in [7, 11) is 0. The first-order valence-corrected chi connectivity index (χ1v) is 5.83. The van der Waals surface area contributed by atoms with Crippen molar-refractivity contribution in [2.45, 2.75) is 6.61 Å². The molecule has 0 fully saturated rings. The lowest BCUT2D eigenvalue weighted by atomic mass is 10.0. The third kappa shape index (κ3) is 2.74. The summed E-state index contributed by atoms with van der Waals surface area (Å²) in [5.41, 5.74) is 0.922. The van der Waals surface area contributed by atoms with Crippen molar-refractivity contribution in [3.8, 4) is 16.9 Å². The average Bonchev–Trinajstić information content (AvgIpc) is 2.30. The van der Waals surface area contributed by atoms with E-state index in [0.29, 0.717) is 21.2 Å². The lowest BCUT2D eigenvalue weighted by Crippen LogP contribution is -2.03. The molecule has 0 bridgehead atoms. The Morgan fingerprint density at radius 3 is 2.11 bits per heavy atom. The molecule has 0 aliphatic carbocycles. The maximum absolute atomic E-state index is 12.3. The summed E-state index contributed by atoms with van der Waals surface area (Å²) in [5, 5.41) is 0.764. The molecule has 5 heteroatoms. The van der Waals surface area contributed by atoms with Crippen molar-refractivity contribution in [2.75, 3.05) is 0 Å². The van der Waals surface area contributed by atoms with E-state index < -0.39 is 6.61 Å². The van der Waals surface area contributed by atoms with Gasteiger partial charge < -0.3 is 4.74 Å². The van der Waals surface area contributed by atoms with Gasteiger partial charge in [-0.05, 0) is 18.2 Å². The van der Waals surface area contributed by atoms with Gasteiger partial charge in [-0.2, -0.15) is 8.78 Å². The summed E-state index contributed by atoms with van der Waals surface area (Å²) in [6.45, 7) is -2.90. The number of hydrogen-bond donors (Lipinski definition) is 0. The number of alkyl halides is 2. The molecule has 0 unspecified atom stereocenters. The number of rotatable bonds is 3. The van der Waals surface area contributed by atoms with Gasteiger partial charge in [-0.3, -0.25) is 0 Å². The number of benzene rings is 2. The molecule has 1 nitrogen and oxygen atoms in total. The van der Waals surface area contributed by atoms with E-state index in [1.54, 1.807) is 36.4 Å². The second-order valence-electron chi connectivity index (χ2n) is 3.47. The first-order valence-electron chi connectivity index (χ1n) is 5.08. The zero-order valence-corrected chi connectivity index (χ0v) is 10.6. The highest BCUT2D eigenvalue weighted by molar-refractivity contribution is 6.39. The van der Waals surface area contributed by atoms with E-state index in [9.17, 15) is 8.78 Å². The maximum Gasteiger partial charge on any atom is 0.387 e. The van der Waals surface area contributed by atoms with Gasteiger partial charge in [-0.15, -0.1) is 0 Å². The van der Waals surface area contributed by atoms with E-state index in [1.807, 2.05) is 0 Å². The first-order chi connectivity index (χ1) is 8.59. The van der Waals surface area contributed by atoms with Crippen LogP contribution in [-0.4, -0.2) is 6.61 Å². The standard InChI is InChI=1S/C13H8Cl2F2O/c14-9-5-3-6-10(15)12(9)8-4-1-2-7-11(8)18-13(16)17/h1-7,13H. The molecule has 2 aromatic rings. The monoisotopic (exact) mass is 288 g/mol. The summed E-state index contributed by atoms with van der Waals surface area (Å²) < 4.78 is 29.1. The maximum atomic E-state index is 12.3. The molecular formula is C13H8Cl2F2O. The van der Waals surface area contributed by atoms with Gasteiger partial charge in [0.25, 0.3) is 0 Å². The van der Waals surface area contributed by atoms with Crippen molar-refractivity contribution >= 4 is 23.2 Å². The average molecular weight is 289 g/mol. The molecule has 0 aromatic heterocycles. The van der Waals surface area contributed by atoms with Crippen LogP contribution in [0.25, 0.3) is 11.1 Å². The third-order valence-electron chi connectivity index (χ3n) is 2.34. The highest BCUT2D eigenvalue weighted by Gasteiger charge is 2.15. The van der Waals surface area contributed by atoms with Crippen LogP contribution in [0, 0.1) is 0 Å². The van der Waals surface area contributed by atoms with Crippen LogP contribution in [0.15, 0.2) is 42.5 Å². The van der Waals surface area contributed by atoms with E-state index >= 15 is 0 Å². The highest BCUT2D eigenvalue weighted by Crippen LogP contribution is 2.39. The SMILES string of the molecule is FC(F)Oc1ccccc1-c1c(Cl)cccc1Cl. The number of halogens is 4. The van der Waals surface area contributed by atoms with Crippen LogP contribution in [0.5, 0.6) is 5.75 Å². The van der Waals surface area contributed by atoms with Crippen LogP contribution < -0.4 is 4.74 Å². The van der Waals surface area contributed by atoms with Crippen molar-refractivity contribution in [3.63, 3.8) is 0 Å². The van der Waals surface area contributed by atoms with Gasteiger partial charge in [-0.25, -0.2) is 0 Å². The molecule has 0 heterocycles. The molecule has 0 spiro atoms. The van der Waals surface area contributed by atoms with E-state index in [0.717, 1.165) is 0 Å². The molecule has 0 amide bonds. The topological polar surface area (TPSA) is 9.23 Å². The molecule has 0 saturated heterocycles.